The van der Waals surface area contributed by atoms with E-state index in [1.165, 1.54) is 16.8 Å². The zero-order valence-corrected chi connectivity index (χ0v) is 17.9. The summed E-state index contributed by atoms with van der Waals surface area (Å²) in [6.45, 7) is 8.47. The molecule has 2 saturated heterocycles. The van der Waals surface area contributed by atoms with Crippen LogP contribution in [0.15, 0.2) is 48.5 Å². The molecular weight excluding hydrogens is 382 g/mol. The second kappa shape index (κ2) is 9.19. The van der Waals surface area contributed by atoms with Crippen LogP contribution in [-0.2, 0) is 11.3 Å². The van der Waals surface area contributed by atoms with Crippen molar-refractivity contribution >= 4 is 23.2 Å². The first-order chi connectivity index (χ1) is 14.1. The second-order valence-electron chi connectivity index (χ2n) is 8.28. The van der Waals surface area contributed by atoms with Crippen molar-refractivity contribution < 1.29 is 4.79 Å². The number of amides is 1. The summed E-state index contributed by atoms with van der Waals surface area (Å²) in [7, 11) is 0. The average molecular weight is 412 g/mol. The van der Waals surface area contributed by atoms with Crippen molar-refractivity contribution in [2.45, 2.75) is 26.3 Å². The second-order valence-corrected chi connectivity index (χ2v) is 8.72. The van der Waals surface area contributed by atoms with Gasteiger partial charge in [0.1, 0.15) is 0 Å². The highest BCUT2D eigenvalue weighted by Gasteiger charge is 2.30. The number of benzene rings is 2. The van der Waals surface area contributed by atoms with Gasteiger partial charge in [-0.05, 0) is 56.1 Å². The maximum Gasteiger partial charge on any atom is 0.225 e. The van der Waals surface area contributed by atoms with Crippen molar-refractivity contribution in [3.05, 3.63) is 64.7 Å². The number of likely N-dealkylation sites (tertiary alicyclic amines) is 1. The summed E-state index contributed by atoms with van der Waals surface area (Å²) in [6, 6.07) is 16.6. The first kappa shape index (κ1) is 20.2. The normalized spacial score (nSPS) is 18.8. The van der Waals surface area contributed by atoms with E-state index in [9.17, 15) is 4.79 Å². The number of halogens is 1. The van der Waals surface area contributed by atoms with Crippen LogP contribution in [0.4, 0.5) is 5.69 Å². The number of carbonyl (C=O) groups is 1. The van der Waals surface area contributed by atoms with E-state index in [2.05, 4.69) is 58.0 Å². The molecule has 5 heteroatoms. The van der Waals surface area contributed by atoms with Gasteiger partial charge in [-0.2, -0.15) is 0 Å². The molecule has 0 bridgehead atoms. The van der Waals surface area contributed by atoms with E-state index in [1.54, 1.807) is 0 Å². The lowest BCUT2D eigenvalue weighted by Gasteiger charge is -2.39. The highest BCUT2D eigenvalue weighted by molar-refractivity contribution is 6.30. The van der Waals surface area contributed by atoms with E-state index in [4.69, 9.17) is 11.6 Å². The highest BCUT2D eigenvalue weighted by Crippen LogP contribution is 2.27. The topological polar surface area (TPSA) is 26.8 Å². The number of hydrogen-bond donors (Lipinski definition) is 0. The minimum Gasteiger partial charge on any atom is -0.368 e. The predicted molar refractivity (Wildman–Crippen MR) is 119 cm³/mol. The summed E-state index contributed by atoms with van der Waals surface area (Å²) in [6.07, 6.45) is 1.94. The Labute approximate surface area is 179 Å². The lowest BCUT2D eigenvalue weighted by atomic mass is 9.94. The summed E-state index contributed by atoms with van der Waals surface area (Å²) in [5.41, 5.74) is 3.78. The molecule has 2 fully saturated rings. The first-order valence-corrected chi connectivity index (χ1v) is 11.0. The van der Waals surface area contributed by atoms with Gasteiger partial charge in [0.15, 0.2) is 0 Å². The number of nitrogens with zero attached hydrogens (tertiary/aromatic N) is 3. The average Bonchev–Trinajstić information content (AvgIpc) is 2.76. The Kier molecular flexibility index (Phi) is 6.41. The standard InChI is InChI=1S/C24H30ClN3O/c1-19-7-8-22(25)17-23(19)27-13-15-28(16-14-27)24(29)21-9-11-26(12-10-21)18-20-5-3-2-4-6-20/h2-8,17,21H,9-16,18H2,1H3. The Morgan fingerprint density at radius 3 is 2.34 bits per heavy atom. The van der Waals surface area contributed by atoms with E-state index in [0.717, 1.165) is 63.7 Å². The van der Waals surface area contributed by atoms with Crippen LogP contribution in [-0.4, -0.2) is 55.0 Å². The van der Waals surface area contributed by atoms with Gasteiger partial charge in [0, 0.05) is 49.4 Å². The van der Waals surface area contributed by atoms with Crippen LogP contribution >= 0.6 is 11.6 Å². The summed E-state index contributed by atoms with van der Waals surface area (Å²) < 4.78 is 0. The molecule has 0 aliphatic carbocycles. The zero-order chi connectivity index (χ0) is 20.2. The fraction of sp³-hybridized carbons (Fsp3) is 0.458. The third-order valence-electron chi connectivity index (χ3n) is 6.29. The van der Waals surface area contributed by atoms with Gasteiger partial charge >= 0.3 is 0 Å². The Hall–Kier alpha value is -2.04. The van der Waals surface area contributed by atoms with Crippen molar-refractivity contribution in [1.29, 1.82) is 0 Å². The molecule has 0 N–H and O–H groups in total. The van der Waals surface area contributed by atoms with Crippen molar-refractivity contribution in [3.63, 3.8) is 0 Å². The molecule has 4 nitrogen and oxygen atoms in total. The van der Waals surface area contributed by atoms with Gasteiger partial charge in [0.2, 0.25) is 5.91 Å². The van der Waals surface area contributed by atoms with Gasteiger partial charge in [-0.3, -0.25) is 9.69 Å². The van der Waals surface area contributed by atoms with Crippen LogP contribution in [0.25, 0.3) is 0 Å². The smallest absolute Gasteiger partial charge is 0.225 e. The van der Waals surface area contributed by atoms with Gasteiger partial charge in [-0.15, -0.1) is 0 Å². The van der Waals surface area contributed by atoms with Crippen LogP contribution in [0.1, 0.15) is 24.0 Å². The quantitative estimate of drug-likeness (QED) is 0.754. The number of hydrogen-bond acceptors (Lipinski definition) is 3. The van der Waals surface area contributed by atoms with Crippen LogP contribution in [0, 0.1) is 12.8 Å². The van der Waals surface area contributed by atoms with E-state index < -0.39 is 0 Å². The number of carbonyl (C=O) groups excluding carboxylic acids is 1. The lowest BCUT2D eigenvalue weighted by Crippen LogP contribution is -2.51. The van der Waals surface area contributed by atoms with Crippen LogP contribution in [0.2, 0.25) is 5.02 Å². The molecule has 1 amide bonds. The maximum absolute atomic E-state index is 13.1. The van der Waals surface area contributed by atoms with Gasteiger partial charge < -0.3 is 9.80 Å². The summed E-state index contributed by atoms with van der Waals surface area (Å²) in [4.78, 5) is 20.0. The molecular formula is C24H30ClN3O. The number of rotatable bonds is 4. The van der Waals surface area contributed by atoms with Crippen molar-refractivity contribution in [2.75, 3.05) is 44.2 Å². The van der Waals surface area contributed by atoms with Gasteiger partial charge in [-0.1, -0.05) is 48.0 Å². The van der Waals surface area contributed by atoms with E-state index >= 15 is 0 Å². The molecule has 0 saturated carbocycles. The van der Waals surface area contributed by atoms with Gasteiger partial charge in [0.05, 0.1) is 0 Å². The molecule has 0 spiro atoms. The molecule has 0 radical (unpaired) electrons. The summed E-state index contributed by atoms with van der Waals surface area (Å²) in [5, 5.41) is 0.770. The first-order valence-electron chi connectivity index (χ1n) is 10.7. The Bertz CT molecular complexity index is 825. The third-order valence-corrected chi connectivity index (χ3v) is 6.52. The highest BCUT2D eigenvalue weighted by atomic mass is 35.5. The van der Waals surface area contributed by atoms with E-state index in [-0.39, 0.29) is 5.92 Å². The molecule has 2 aliphatic heterocycles. The fourth-order valence-electron chi connectivity index (χ4n) is 4.53. The molecule has 29 heavy (non-hydrogen) atoms. The number of piperidine rings is 1. The summed E-state index contributed by atoms with van der Waals surface area (Å²) >= 11 is 6.18. The monoisotopic (exact) mass is 411 g/mol. The molecule has 2 aromatic rings. The van der Waals surface area contributed by atoms with Crippen LogP contribution in [0.5, 0.6) is 0 Å². The predicted octanol–water partition coefficient (Wildman–Crippen LogP) is 4.21. The van der Waals surface area contributed by atoms with Crippen LogP contribution < -0.4 is 4.90 Å². The lowest BCUT2D eigenvalue weighted by molar-refractivity contribution is -0.137. The minimum atomic E-state index is 0.182. The van der Waals surface area contributed by atoms with E-state index in [1.807, 2.05) is 12.1 Å². The zero-order valence-electron chi connectivity index (χ0n) is 17.2. The molecule has 154 valence electrons. The SMILES string of the molecule is Cc1ccc(Cl)cc1N1CCN(C(=O)C2CCN(Cc3ccccc3)CC2)CC1. The molecule has 0 atom stereocenters. The van der Waals surface area contributed by atoms with Crippen LogP contribution in [0.3, 0.4) is 0 Å². The van der Waals surface area contributed by atoms with Gasteiger partial charge in [-0.25, -0.2) is 0 Å². The van der Waals surface area contributed by atoms with Crippen molar-refractivity contribution in [2.24, 2.45) is 5.92 Å². The number of aryl methyl sites for hydroxylation is 1. The molecule has 4 rings (SSSR count). The molecule has 2 aromatic carbocycles. The minimum absolute atomic E-state index is 0.182. The Balaban J connectivity index is 1.26. The molecule has 0 unspecified atom stereocenters. The number of anilines is 1. The van der Waals surface area contributed by atoms with Gasteiger partial charge in [0.25, 0.3) is 0 Å². The molecule has 2 heterocycles. The Morgan fingerprint density at radius 1 is 0.966 bits per heavy atom. The largest absolute Gasteiger partial charge is 0.368 e. The summed E-state index contributed by atoms with van der Waals surface area (Å²) in [5.74, 6) is 0.535. The van der Waals surface area contributed by atoms with E-state index in [0.29, 0.717) is 5.91 Å². The third kappa shape index (κ3) is 4.93. The number of piperazine rings is 1. The fourth-order valence-corrected chi connectivity index (χ4v) is 4.70. The Morgan fingerprint density at radius 2 is 1.66 bits per heavy atom. The molecule has 2 aliphatic rings. The molecule has 0 aromatic heterocycles. The maximum atomic E-state index is 13.1. The van der Waals surface area contributed by atoms with Crippen molar-refractivity contribution in [3.8, 4) is 0 Å². The van der Waals surface area contributed by atoms with Crippen molar-refractivity contribution in [1.82, 2.24) is 9.80 Å².